The van der Waals surface area contributed by atoms with E-state index >= 15 is 0 Å². The van der Waals surface area contributed by atoms with Crippen molar-refractivity contribution in [2.24, 2.45) is 11.1 Å². The highest BCUT2D eigenvalue weighted by molar-refractivity contribution is 5.25. The second-order valence-corrected chi connectivity index (χ2v) is 5.78. The van der Waals surface area contributed by atoms with Crippen molar-refractivity contribution in [1.29, 1.82) is 0 Å². The topological polar surface area (TPSA) is 35.2 Å². The maximum atomic E-state index is 13.5. The van der Waals surface area contributed by atoms with E-state index in [1.165, 1.54) is 12.1 Å². The zero-order valence-electron chi connectivity index (χ0n) is 10.7. The van der Waals surface area contributed by atoms with Crippen molar-refractivity contribution in [2.45, 2.75) is 45.3 Å². The lowest BCUT2D eigenvalue weighted by Crippen LogP contribution is -2.46. The predicted octanol–water partition coefficient (Wildman–Crippen LogP) is 3.25. The SMILES string of the molecule is CC1(C)CCC(N)C(Oc2cccc(F)c2F)C1. The van der Waals surface area contributed by atoms with Gasteiger partial charge in [-0.05, 0) is 36.8 Å². The van der Waals surface area contributed by atoms with Crippen molar-refractivity contribution in [2.75, 3.05) is 0 Å². The Morgan fingerprint density at radius 1 is 1.33 bits per heavy atom. The van der Waals surface area contributed by atoms with E-state index in [-0.39, 0.29) is 23.3 Å². The first-order valence-corrected chi connectivity index (χ1v) is 6.25. The van der Waals surface area contributed by atoms with Crippen LogP contribution in [0.3, 0.4) is 0 Å². The molecule has 0 aromatic heterocycles. The zero-order chi connectivity index (χ0) is 13.3. The van der Waals surface area contributed by atoms with Crippen LogP contribution in [0.25, 0.3) is 0 Å². The lowest BCUT2D eigenvalue weighted by molar-refractivity contribution is 0.0633. The van der Waals surface area contributed by atoms with Crippen molar-refractivity contribution in [3.63, 3.8) is 0 Å². The van der Waals surface area contributed by atoms with Crippen LogP contribution in [0.15, 0.2) is 18.2 Å². The third-order valence-electron chi connectivity index (χ3n) is 3.58. The molecular formula is C14H19F2NO. The van der Waals surface area contributed by atoms with E-state index < -0.39 is 11.6 Å². The summed E-state index contributed by atoms with van der Waals surface area (Å²) < 4.78 is 32.2. The molecule has 2 nitrogen and oxygen atoms in total. The highest BCUT2D eigenvalue weighted by Crippen LogP contribution is 2.36. The van der Waals surface area contributed by atoms with Gasteiger partial charge in [0.05, 0.1) is 0 Å². The molecule has 0 aliphatic heterocycles. The van der Waals surface area contributed by atoms with Gasteiger partial charge < -0.3 is 10.5 Å². The van der Waals surface area contributed by atoms with E-state index in [9.17, 15) is 8.78 Å². The molecule has 0 spiro atoms. The van der Waals surface area contributed by atoms with Crippen molar-refractivity contribution >= 4 is 0 Å². The molecule has 1 aliphatic rings. The van der Waals surface area contributed by atoms with Gasteiger partial charge in [-0.3, -0.25) is 0 Å². The molecule has 0 amide bonds. The van der Waals surface area contributed by atoms with Gasteiger partial charge in [0.2, 0.25) is 5.82 Å². The first-order chi connectivity index (χ1) is 8.39. The smallest absolute Gasteiger partial charge is 0.200 e. The Morgan fingerprint density at radius 2 is 2.06 bits per heavy atom. The van der Waals surface area contributed by atoms with Gasteiger partial charge in [-0.25, -0.2) is 4.39 Å². The van der Waals surface area contributed by atoms with Crippen molar-refractivity contribution in [1.82, 2.24) is 0 Å². The van der Waals surface area contributed by atoms with Gasteiger partial charge >= 0.3 is 0 Å². The second-order valence-electron chi connectivity index (χ2n) is 5.78. The molecule has 1 fully saturated rings. The summed E-state index contributed by atoms with van der Waals surface area (Å²) in [6, 6.07) is 3.83. The van der Waals surface area contributed by atoms with Crippen LogP contribution in [0, 0.1) is 17.0 Å². The van der Waals surface area contributed by atoms with Crippen LogP contribution in [0.1, 0.15) is 33.1 Å². The zero-order valence-corrected chi connectivity index (χ0v) is 10.7. The van der Waals surface area contributed by atoms with Gasteiger partial charge in [-0.1, -0.05) is 19.9 Å². The number of hydrogen-bond acceptors (Lipinski definition) is 2. The number of benzene rings is 1. The van der Waals surface area contributed by atoms with Gasteiger partial charge in [-0.15, -0.1) is 0 Å². The fourth-order valence-corrected chi connectivity index (χ4v) is 2.41. The van der Waals surface area contributed by atoms with Crippen LogP contribution in [-0.2, 0) is 0 Å². The number of ether oxygens (including phenoxy) is 1. The number of nitrogens with two attached hydrogens (primary N) is 1. The lowest BCUT2D eigenvalue weighted by atomic mass is 9.74. The fraction of sp³-hybridized carbons (Fsp3) is 0.571. The average Bonchev–Trinajstić information content (AvgIpc) is 2.29. The lowest BCUT2D eigenvalue weighted by Gasteiger charge is -2.39. The van der Waals surface area contributed by atoms with Crippen molar-refractivity contribution in [3.05, 3.63) is 29.8 Å². The van der Waals surface area contributed by atoms with Gasteiger partial charge in [0.1, 0.15) is 6.10 Å². The quantitative estimate of drug-likeness (QED) is 0.880. The standard InChI is InChI=1S/C14H19F2NO/c1-14(2)7-6-10(17)12(8-14)18-11-5-3-4-9(15)13(11)16/h3-5,10,12H,6-8,17H2,1-2H3. The molecule has 0 saturated heterocycles. The third-order valence-corrected chi connectivity index (χ3v) is 3.58. The molecule has 18 heavy (non-hydrogen) atoms. The highest BCUT2D eigenvalue weighted by atomic mass is 19.2. The van der Waals surface area contributed by atoms with Gasteiger partial charge in [0.15, 0.2) is 11.6 Å². The molecule has 1 aliphatic carbocycles. The molecule has 4 heteroatoms. The minimum atomic E-state index is -0.937. The first kappa shape index (κ1) is 13.3. The normalized spacial score (nSPS) is 26.9. The summed E-state index contributed by atoms with van der Waals surface area (Å²) in [5.74, 6) is -1.88. The molecule has 2 rings (SSSR count). The molecule has 0 radical (unpaired) electrons. The highest BCUT2D eigenvalue weighted by Gasteiger charge is 2.34. The Morgan fingerprint density at radius 3 is 2.78 bits per heavy atom. The molecule has 2 atom stereocenters. The number of halogens is 2. The summed E-state index contributed by atoms with van der Waals surface area (Å²) in [6.45, 7) is 4.27. The minimum absolute atomic E-state index is 0.0480. The molecule has 100 valence electrons. The number of rotatable bonds is 2. The maximum Gasteiger partial charge on any atom is 0.200 e. The molecule has 0 heterocycles. The molecule has 2 N–H and O–H groups in total. The van der Waals surface area contributed by atoms with E-state index in [2.05, 4.69) is 13.8 Å². The summed E-state index contributed by atoms with van der Waals surface area (Å²) in [4.78, 5) is 0. The largest absolute Gasteiger partial charge is 0.486 e. The van der Waals surface area contributed by atoms with Crippen LogP contribution in [0.5, 0.6) is 5.75 Å². The molecule has 1 aromatic carbocycles. The summed E-state index contributed by atoms with van der Waals surface area (Å²) in [7, 11) is 0. The Bertz CT molecular complexity index is 434. The second kappa shape index (κ2) is 4.84. The van der Waals surface area contributed by atoms with Gasteiger partial charge in [0, 0.05) is 6.04 Å². The van der Waals surface area contributed by atoms with Gasteiger partial charge in [0.25, 0.3) is 0 Å². The Hall–Kier alpha value is -1.16. The molecular weight excluding hydrogens is 236 g/mol. The average molecular weight is 255 g/mol. The van der Waals surface area contributed by atoms with Crippen molar-refractivity contribution in [3.8, 4) is 5.75 Å². The van der Waals surface area contributed by atoms with E-state index in [0.717, 1.165) is 25.3 Å². The Kier molecular flexibility index (Phi) is 3.57. The summed E-state index contributed by atoms with van der Waals surface area (Å²) in [5.41, 5.74) is 6.12. The fourth-order valence-electron chi connectivity index (χ4n) is 2.41. The van der Waals surface area contributed by atoms with Crippen LogP contribution in [0.4, 0.5) is 8.78 Å². The van der Waals surface area contributed by atoms with E-state index in [1.54, 1.807) is 0 Å². The molecule has 0 bridgehead atoms. The molecule has 2 unspecified atom stereocenters. The van der Waals surface area contributed by atoms with E-state index in [0.29, 0.717) is 0 Å². The Labute approximate surface area is 106 Å². The predicted molar refractivity (Wildman–Crippen MR) is 66.4 cm³/mol. The Balaban J connectivity index is 2.15. The third kappa shape index (κ3) is 2.80. The maximum absolute atomic E-state index is 13.5. The van der Waals surface area contributed by atoms with Gasteiger partial charge in [-0.2, -0.15) is 4.39 Å². The molecule has 1 aromatic rings. The summed E-state index contributed by atoms with van der Waals surface area (Å²) >= 11 is 0. The van der Waals surface area contributed by atoms with E-state index in [1.807, 2.05) is 0 Å². The van der Waals surface area contributed by atoms with Crippen molar-refractivity contribution < 1.29 is 13.5 Å². The van der Waals surface area contributed by atoms with Crippen LogP contribution < -0.4 is 10.5 Å². The number of hydrogen-bond donors (Lipinski definition) is 1. The van der Waals surface area contributed by atoms with E-state index in [4.69, 9.17) is 10.5 Å². The minimum Gasteiger partial charge on any atom is -0.486 e. The summed E-state index contributed by atoms with van der Waals surface area (Å²) in [5, 5.41) is 0. The monoisotopic (exact) mass is 255 g/mol. The first-order valence-electron chi connectivity index (χ1n) is 6.25. The summed E-state index contributed by atoms with van der Waals surface area (Å²) in [6.07, 6.45) is 2.36. The van der Waals surface area contributed by atoms with Crippen LogP contribution in [0.2, 0.25) is 0 Å². The van der Waals surface area contributed by atoms with Crippen LogP contribution >= 0.6 is 0 Å². The molecule has 1 saturated carbocycles. The van der Waals surface area contributed by atoms with Crippen LogP contribution in [-0.4, -0.2) is 12.1 Å².